The number of alkyl halides is 2. The molecule has 1 rings (SSSR count). The van der Waals surface area contributed by atoms with Gasteiger partial charge in [-0.2, -0.15) is 8.78 Å². The molecule has 0 aliphatic rings. The Balaban J connectivity index is 2.84. The van der Waals surface area contributed by atoms with E-state index in [4.69, 9.17) is 0 Å². The van der Waals surface area contributed by atoms with Crippen LogP contribution in [0.15, 0.2) is 24.3 Å². The fraction of sp³-hybridized carbons (Fsp3) is 0.222. The third-order valence-corrected chi connectivity index (χ3v) is 2.40. The van der Waals surface area contributed by atoms with E-state index in [0.717, 1.165) is 9.49 Å². The van der Waals surface area contributed by atoms with Crippen LogP contribution in [0, 0.1) is 6.92 Å². The summed E-state index contributed by atoms with van der Waals surface area (Å²) < 4.78 is 24.8. The summed E-state index contributed by atoms with van der Waals surface area (Å²) in [6.07, 6.45) is -3.00. The average molecular weight is 264 g/mol. The number of rotatable bonds is 2. The first-order valence-corrected chi connectivity index (χ1v) is 4.58. The van der Waals surface area contributed by atoms with E-state index in [2.05, 4.69) is 16.1 Å². The van der Waals surface area contributed by atoms with Gasteiger partial charge in [-0.25, -0.2) is 3.93 Å². The molecule has 5 heteroatoms. The van der Waals surface area contributed by atoms with Crippen LogP contribution in [-0.4, -0.2) is 12.3 Å². The van der Waals surface area contributed by atoms with Crippen molar-refractivity contribution in [2.24, 2.45) is 0 Å². The fourth-order valence-corrected chi connectivity index (χ4v) is 1.28. The first kappa shape index (κ1) is 11.1. The lowest BCUT2D eigenvalue weighted by molar-refractivity contribution is -0.127. The lowest BCUT2D eigenvalue weighted by Gasteiger charge is -2.13. The Bertz CT molecular complexity index is 326. The van der Waals surface area contributed by atoms with Crippen LogP contribution >= 0.6 is 16.1 Å². The van der Waals surface area contributed by atoms with Crippen molar-refractivity contribution in [1.29, 1.82) is 0 Å². The van der Waals surface area contributed by atoms with Crippen molar-refractivity contribution in [2.45, 2.75) is 13.3 Å². The van der Waals surface area contributed by atoms with Crippen molar-refractivity contribution in [2.75, 3.05) is 3.93 Å². The van der Waals surface area contributed by atoms with Crippen LogP contribution < -0.4 is 3.93 Å². The van der Waals surface area contributed by atoms with Gasteiger partial charge >= 0.3 is 12.3 Å². The third kappa shape index (κ3) is 2.51. The van der Waals surface area contributed by atoms with E-state index < -0.39 is 12.3 Å². The molecule has 0 fully saturated rings. The highest BCUT2D eigenvalue weighted by molar-refractivity contribution is 9.10. The van der Waals surface area contributed by atoms with Gasteiger partial charge in [0.25, 0.3) is 0 Å². The molecule has 0 unspecified atom stereocenters. The number of hydrogen-bond donors (Lipinski definition) is 0. The number of benzene rings is 1. The molecule has 0 saturated heterocycles. The van der Waals surface area contributed by atoms with Gasteiger partial charge in [0.2, 0.25) is 0 Å². The molecule has 76 valence electrons. The summed E-state index contributed by atoms with van der Waals surface area (Å²) in [4.78, 5) is 10.9. The molecule has 0 aliphatic carbocycles. The first-order valence-electron chi connectivity index (χ1n) is 3.87. The van der Waals surface area contributed by atoms with E-state index >= 15 is 0 Å². The number of carbonyl (C=O) groups is 1. The van der Waals surface area contributed by atoms with Crippen molar-refractivity contribution in [3.63, 3.8) is 0 Å². The Hall–Kier alpha value is -0.970. The minimum absolute atomic E-state index is 0.390. The molecule has 0 bridgehead atoms. The lowest BCUT2D eigenvalue weighted by atomic mass is 10.2. The van der Waals surface area contributed by atoms with Gasteiger partial charge < -0.3 is 0 Å². The molecule has 0 N–H and O–H groups in total. The summed E-state index contributed by atoms with van der Waals surface area (Å²) >= 11 is 2.78. The van der Waals surface area contributed by atoms with Crippen molar-refractivity contribution >= 4 is 27.7 Å². The summed E-state index contributed by atoms with van der Waals surface area (Å²) in [7, 11) is 0. The zero-order valence-electron chi connectivity index (χ0n) is 7.38. The molecular formula is C9H8BrF2NO. The molecular weight excluding hydrogens is 256 g/mol. The molecule has 14 heavy (non-hydrogen) atoms. The average Bonchev–Trinajstić information content (AvgIpc) is 2.16. The highest BCUT2D eigenvalue weighted by Crippen LogP contribution is 2.20. The van der Waals surface area contributed by atoms with Gasteiger partial charge in [-0.15, -0.1) is 0 Å². The summed E-state index contributed by atoms with van der Waals surface area (Å²) in [6, 6.07) is 6.65. The van der Waals surface area contributed by atoms with Crippen LogP contribution in [0.1, 0.15) is 5.56 Å². The summed E-state index contributed by atoms with van der Waals surface area (Å²) in [6.45, 7) is 1.87. The van der Waals surface area contributed by atoms with E-state index in [1.807, 2.05) is 6.92 Å². The molecule has 2 nitrogen and oxygen atoms in total. The van der Waals surface area contributed by atoms with Gasteiger partial charge in [-0.3, -0.25) is 4.79 Å². The van der Waals surface area contributed by atoms with Crippen molar-refractivity contribution in [1.82, 2.24) is 0 Å². The highest BCUT2D eigenvalue weighted by atomic mass is 79.9. The number of halogens is 3. The third-order valence-electron chi connectivity index (χ3n) is 1.64. The van der Waals surface area contributed by atoms with Crippen LogP contribution in [-0.2, 0) is 4.79 Å². The Morgan fingerprint density at radius 2 is 1.86 bits per heavy atom. The van der Waals surface area contributed by atoms with Crippen LogP contribution in [0.2, 0.25) is 0 Å². The quantitative estimate of drug-likeness (QED) is 0.752. The predicted octanol–water partition coefficient (Wildman–Crippen LogP) is 2.90. The van der Waals surface area contributed by atoms with Gasteiger partial charge in [0.05, 0.1) is 21.8 Å². The molecule has 0 atom stereocenters. The zero-order valence-corrected chi connectivity index (χ0v) is 8.96. The van der Waals surface area contributed by atoms with E-state index in [9.17, 15) is 13.6 Å². The van der Waals surface area contributed by atoms with Gasteiger partial charge in [0, 0.05) is 0 Å². The summed E-state index contributed by atoms with van der Waals surface area (Å²) in [5.41, 5.74) is 1.39. The molecule has 0 aromatic heterocycles. The van der Waals surface area contributed by atoms with Crippen LogP contribution in [0.4, 0.5) is 14.5 Å². The maximum absolute atomic E-state index is 12.0. The molecule has 0 radical (unpaired) electrons. The second kappa shape index (κ2) is 4.50. The molecule has 0 aliphatic heterocycles. The Labute approximate surface area is 88.9 Å². The number of hydrogen-bond acceptors (Lipinski definition) is 1. The predicted molar refractivity (Wildman–Crippen MR) is 53.6 cm³/mol. The molecule has 1 aromatic rings. The van der Waals surface area contributed by atoms with Gasteiger partial charge in [0.15, 0.2) is 0 Å². The maximum atomic E-state index is 12.0. The van der Waals surface area contributed by atoms with Gasteiger partial charge in [0.1, 0.15) is 0 Å². The van der Waals surface area contributed by atoms with E-state index in [0.29, 0.717) is 5.69 Å². The molecule has 1 aromatic carbocycles. The standard InChI is InChI=1S/C9H8BrF2NO/c1-6-2-4-7(5-3-6)13(10)9(14)8(11)12/h2-5,8H,1H3. The van der Waals surface area contributed by atoms with Gasteiger partial charge in [-0.05, 0) is 19.1 Å². The van der Waals surface area contributed by atoms with Crippen molar-refractivity contribution < 1.29 is 13.6 Å². The highest BCUT2D eigenvalue weighted by Gasteiger charge is 2.22. The number of aryl methyl sites for hydroxylation is 1. The Morgan fingerprint density at radius 1 is 1.36 bits per heavy atom. The Morgan fingerprint density at radius 3 is 2.29 bits per heavy atom. The van der Waals surface area contributed by atoms with E-state index in [-0.39, 0.29) is 0 Å². The topological polar surface area (TPSA) is 20.3 Å². The summed E-state index contributed by atoms with van der Waals surface area (Å²) in [5, 5.41) is 0. The molecule has 0 heterocycles. The zero-order chi connectivity index (χ0) is 10.7. The van der Waals surface area contributed by atoms with Crippen LogP contribution in [0.5, 0.6) is 0 Å². The minimum atomic E-state index is -3.00. The van der Waals surface area contributed by atoms with E-state index in [1.54, 1.807) is 24.3 Å². The first-order chi connectivity index (χ1) is 6.52. The fourth-order valence-electron chi connectivity index (χ4n) is 0.889. The summed E-state index contributed by atoms with van der Waals surface area (Å²) in [5.74, 6) is -1.27. The normalized spacial score (nSPS) is 10.4. The SMILES string of the molecule is Cc1ccc(N(Br)C(=O)C(F)F)cc1. The van der Waals surface area contributed by atoms with Crippen LogP contribution in [0.3, 0.4) is 0 Å². The van der Waals surface area contributed by atoms with Crippen molar-refractivity contribution in [3.8, 4) is 0 Å². The maximum Gasteiger partial charge on any atom is 0.316 e. The van der Waals surface area contributed by atoms with Crippen LogP contribution in [0.25, 0.3) is 0 Å². The number of anilines is 1. The molecule has 0 spiro atoms. The largest absolute Gasteiger partial charge is 0.316 e. The van der Waals surface area contributed by atoms with Gasteiger partial charge in [-0.1, -0.05) is 17.7 Å². The monoisotopic (exact) mass is 263 g/mol. The number of amides is 1. The number of nitrogens with zero attached hydrogens (tertiary/aromatic N) is 1. The smallest absolute Gasteiger partial charge is 0.267 e. The molecule has 0 saturated carbocycles. The molecule has 1 amide bonds. The Kier molecular flexibility index (Phi) is 3.57. The minimum Gasteiger partial charge on any atom is -0.267 e. The lowest BCUT2D eigenvalue weighted by Crippen LogP contribution is -2.26. The second-order valence-electron chi connectivity index (χ2n) is 2.76. The van der Waals surface area contributed by atoms with E-state index in [1.165, 1.54) is 0 Å². The van der Waals surface area contributed by atoms with Crippen molar-refractivity contribution in [3.05, 3.63) is 29.8 Å². The second-order valence-corrected chi connectivity index (χ2v) is 3.46. The number of carbonyl (C=O) groups excluding carboxylic acids is 1.